The fourth-order valence-corrected chi connectivity index (χ4v) is 2.32. The Kier molecular flexibility index (Phi) is 4.26. The van der Waals surface area contributed by atoms with Crippen molar-refractivity contribution in [1.82, 2.24) is 5.32 Å². The summed E-state index contributed by atoms with van der Waals surface area (Å²) in [5.74, 6) is 0.854. The number of nitrogens with one attached hydrogen (secondary N) is 1. The van der Waals surface area contributed by atoms with Gasteiger partial charge in [0.05, 0.1) is 6.04 Å². The van der Waals surface area contributed by atoms with Crippen molar-refractivity contribution in [3.63, 3.8) is 0 Å². The largest absolute Gasteiger partial charge is 0.452 e. The first-order chi connectivity index (χ1) is 8.22. The molecule has 0 amide bonds. The van der Waals surface area contributed by atoms with Crippen LogP contribution in [0.3, 0.4) is 0 Å². The minimum atomic E-state index is -0.0139. The van der Waals surface area contributed by atoms with E-state index in [9.17, 15) is 0 Å². The Labute approximate surface area is 114 Å². The van der Waals surface area contributed by atoms with Gasteiger partial charge in [0.25, 0.3) is 0 Å². The number of furan rings is 1. The van der Waals surface area contributed by atoms with Crippen LogP contribution in [0.1, 0.15) is 24.3 Å². The third kappa shape index (κ3) is 2.92. The topological polar surface area (TPSA) is 25.2 Å². The Morgan fingerprint density at radius 2 is 2.06 bits per heavy atom. The van der Waals surface area contributed by atoms with Crippen LogP contribution >= 0.6 is 27.5 Å². The summed E-state index contributed by atoms with van der Waals surface area (Å²) in [6.45, 7) is 2.90. The van der Waals surface area contributed by atoms with Gasteiger partial charge in [-0.25, -0.2) is 0 Å². The summed E-state index contributed by atoms with van der Waals surface area (Å²) in [6.07, 6.45) is 0. The van der Waals surface area contributed by atoms with Gasteiger partial charge in [-0.1, -0.05) is 36.7 Å². The maximum atomic E-state index is 6.22. The molecule has 2 aromatic rings. The molecular weight excluding hydrogens is 302 g/mol. The number of halogens is 2. The lowest BCUT2D eigenvalue weighted by Gasteiger charge is -2.17. The normalized spacial score (nSPS) is 12.6. The van der Waals surface area contributed by atoms with E-state index in [1.165, 1.54) is 0 Å². The van der Waals surface area contributed by atoms with Crippen LogP contribution in [0.5, 0.6) is 0 Å². The Balaban J connectivity index is 2.39. The van der Waals surface area contributed by atoms with E-state index in [4.69, 9.17) is 16.0 Å². The van der Waals surface area contributed by atoms with Gasteiger partial charge in [-0.05, 0) is 46.2 Å². The van der Waals surface area contributed by atoms with E-state index in [1.54, 1.807) is 0 Å². The zero-order valence-electron chi connectivity index (χ0n) is 9.41. The Morgan fingerprint density at radius 3 is 2.65 bits per heavy atom. The predicted molar refractivity (Wildman–Crippen MR) is 73.4 cm³/mol. The zero-order chi connectivity index (χ0) is 12.3. The second kappa shape index (κ2) is 5.71. The van der Waals surface area contributed by atoms with Crippen molar-refractivity contribution in [1.29, 1.82) is 0 Å². The maximum absolute atomic E-state index is 6.22. The molecule has 0 saturated heterocycles. The zero-order valence-corrected chi connectivity index (χ0v) is 11.8. The molecule has 0 aliphatic rings. The Morgan fingerprint density at radius 1 is 1.29 bits per heavy atom. The molecule has 0 bridgehead atoms. The highest BCUT2D eigenvalue weighted by molar-refractivity contribution is 9.10. The summed E-state index contributed by atoms with van der Waals surface area (Å²) in [7, 11) is 0. The second-order valence-electron chi connectivity index (χ2n) is 3.65. The summed E-state index contributed by atoms with van der Waals surface area (Å²) in [5.41, 5.74) is 1.03. The average Bonchev–Trinajstić information content (AvgIpc) is 2.74. The van der Waals surface area contributed by atoms with Gasteiger partial charge >= 0.3 is 0 Å². The molecule has 1 aromatic heterocycles. The third-order valence-corrected chi connectivity index (χ3v) is 3.27. The van der Waals surface area contributed by atoms with Crippen LogP contribution in [0.4, 0.5) is 0 Å². The lowest BCUT2D eigenvalue weighted by atomic mass is 10.0. The fourth-order valence-electron chi connectivity index (χ4n) is 1.76. The lowest BCUT2D eigenvalue weighted by molar-refractivity contribution is 0.437. The van der Waals surface area contributed by atoms with Gasteiger partial charge < -0.3 is 9.73 Å². The molecule has 0 spiro atoms. The molecule has 4 heteroatoms. The minimum absolute atomic E-state index is 0.0139. The molecule has 90 valence electrons. The van der Waals surface area contributed by atoms with E-state index in [-0.39, 0.29) is 6.04 Å². The molecular formula is C13H13BrClNO. The van der Waals surface area contributed by atoms with Gasteiger partial charge in [0.1, 0.15) is 5.76 Å². The van der Waals surface area contributed by atoms with Crippen LogP contribution < -0.4 is 5.32 Å². The van der Waals surface area contributed by atoms with Gasteiger partial charge in [-0.3, -0.25) is 0 Å². The minimum Gasteiger partial charge on any atom is -0.452 e. The monoisotopic (exact) mass is 313 g/mol. The van der Waals surface area contributed by atoms with Crippen LogP contribution in [-0.4, -0.2) is 6.54 Å². The highest BCUT2D eigenvalue weighted by Gasteiger charge is 2.18. The average molecular weight is 315 g/mol. The first-order valence-electron chi connectivity index (χ1n) is 5.45. The van der Waals surface area contributed by atoms with Gasteiger partial charge in [-0.2, -0.15) is 0 Å². The van der Waals surface area contributed by atoms with Crippen molar-refractivity contribution in [2.75, 3.05) is 6.54 Å². The molecule has 0 radical (unpaired) electrons. The molecule has 0 fully saturated rings. The molecule has 0 aliphatic carbocycles. The number of benzene rings is 1. The smallest absolute Gasteiger partial charge is 0.169 e. The first-order valence-corrected chi connectivity index (χ1v) is 6.62. The lowest BCUT2D eigenvalue weighted by Crippen LogP contribution is -2.21. The summed E-state index contributed by atoms with van der Waals surface area (Å²) < 4.78 is 6.33. The Hall–Kier alpha value is -0.770. The van der Waals surface area contributed by atoms with Gasteiger partial charge in [0, 0.05) is 5.02 Å². The maximum Gasteiger partial charge on any atom is 0.169 e. The van der Waals surface area contributed by atoms with Gasteiger partial charge in [-0.15, -0.1) is 0 Å². The summed E-state index contributed by atoms with van der Waals surface area (Å²) >= 11 is 9.53. The summed E-state index contributed by atoms with van der Waals surface area (Å²) in [4.78, 5) is 0. The molecule has 1 atom stereocenters. The van der Waals surface area contributed by atoms with Gasteiger partial charge in [0.15, 0.2) is 4.67 Å². The van der Waals surface area contributed by atoms with Crippen molar-refractivity contribution in [2.45, 2.75) is 13.0 Å². The van der Waals surface area contributed by atoms with Crippen LogP contribution in [0.15, 0.2) is 45.5 Å². The SMILES string of the molecule is CCNC(c1ccc(Br)o1)c1ccccc1Cl. The Bertz CT molecular complexity index is 498. The van der Waals surface area contributed by atoms with E-state index >= 15 is 0 Å². The molecule has 0 aliphatic heterocycles. The van der Waals surface area contributed by atoms with E-state index in [0.717, 1.165) is 27.6 Å². The van der Waals surface area contributed by atoms with E-state index in [0.29, 0.717) is 0 Å². The fraction of sp³-hybridized carbons (Fsp3) is 0.231. The second-order valence-corrected chi connectivity index (χ2v) is 4.84. The molecule has 0 saturated carbocycles. The molecule has 1 unspecified atom stereocenters. The summed E-state index contributed by atoms with van der Waals surface area (Å²) in [5, 5.41) is 4.11. The van der Waals surface area contributed by atoms with E-state index in [2.05, 4.69) is 28.2 Å². The summed E-state index contributed by atoms with van der Waals surface area (Å²) in [6, 6.07) is 11.6. The molecule has 1 N–H and O–H groups in total. The molecule has 1 aromatic carbocycles. The van der Waals surface area contributed by atoms with Crippen molar-refractivity contribution in [2.24, 2.45) is 0 Å². The van der Waals surface area contributed by atoms with Crippen LogP contribution in [-0.2, 0) is 0 Å². The number of rotatable bonds is 4. The highest BCUT2D eigenvalue weighted by Crippen LogP contribution is 2.30. The standard InChI is InChI=1S/C13H13BrClNO/c1-2-16-13(11-7-8-12(14)17-11)9-5-3-4-6-10(9)15/h3-8,13,16H,2H2,1H3. The van der Waals surface area contributed by atoms with Crippen molar-refractivity contribution in [3.05, 3.63) is 57.4 Å². The van der Waals surface area contributed by atoms with Crippen LogP contribution in [0.25, 0.3) is 0 Å². The molecule has 2 rings (SSSR count). The van der Waals surface area contributed by atoms with Gasteiger partial charge in [0.2, 0.25) is 0 Å². The van der Waals surface area contributed by atoms with E-state index < -0.39 is 0 Å². The predicted octanol–water partition coefficient (Wildman–Crippen LogP) is 4.39. The van der Waals surface area contributed by atoms with Crippen molar-refractivity contribution >= 4 is 27.5 Å². The van der Waals surface area contributed by atoms with Crippen molar-refractivity contribution in [3.8, 4) is 0 Å². The highest BCUT2D eigenvalue weighted by atomic mass is 79.9. The third-order valence-electron chi connectivity index (χ3n) is 2.50. The van der Waals surface area contributed by atoms with Crippen LogP contribution in [0, 0.1) is 0 Å². The molecule has 17 heavy (non-hydrogen) atoms. The van der Waals surface area contributed by atoms with Crippen LogP contribution in [0.2, 0.25) is 5.02 Å². The quantitative estimate of drug-likeness (QED) is 0.905. The number of hydrogen-bond donors (Lipinski definition) is 1. The number of hydrogen-bond acceptors (Lipinski definition) is 2. The molecule has 1 heterocycles. The first kappa shape index (κ1) is 12.7. The van der Waals surface area contributed by atoms with Crippen molar-refractivity contribution < 1.29 is 4.42 Å². The molecule has 2 nitrogen and oxygen atoms in total. The van der Waals surface area contributed by atoms with E-state index in [1.807, 2.05) is 36.4 Å².